The highest BCUT2D eigenvalue weighted by Crippen LogP contribution is 2.19. The highest BCUT2D eigenvalue weighted by molar-refractivity contribution is 5.84. The molecular formula is C20H23FN2O2. The molecule has 2 rings (SSSR count). The lowest BCUT2D eigenvalue weighted by Crippen LogP contribution is -2.39. The molecule has 2 amide bonds. The maximum atomic E-state index is 13.0. The van der Waals surface area contributed by atoms with E-state index in [1.54, 1.807) is 12.1 Å². The fourth-order valence-electron chi connectivity index (χ4n) is 2.78. The number of nitrogens with one attached hydrogen (secondary N) is 1. The Labute approximate surface area is 147 Å². The van der Waals surface area contributed by atoms with Crippen LogP contribution in [0.4, 0.5) is 4.39 Å². The zero-order valence-corrected chi connectivity index (χ0v) is 14.2. The standard InChI is InChI=1S/C20H23FN2O2/c1-2-18(15-6-4-3-5-7-15)20(25)23-13-16(19(22)24)12-14-8-10-17(21)11-9-14/h3-11,16,18H,2,12-13H2,1H3,(H2,22,24)(H,23,25)/t16-,18+/m1/s1. The molecule has 0 aromatic heterocycles. The van der Waals surface area contributed by atoms with Crippen molar-refractivity contribution < 1.29 is 14.0 Å². The summed E-state index contributed by atoms with van der Waals surface area (Å²) in [5, 5.41) is 2.83. The van der Waals surface area contributed by atoms with Gasteiger partial charge in [-0.15, -0.1) is 0 Å². The van der Waals surface area contributed by atoms with E-state index in [0.717, 1.165) is 11.1 Å². The van der Waals surface area contributed by atoms with Crippen LogP contribution in [0.25, 0.3) is 0 Å². The van der Waals surface area contributed by atoms with E-state index in [-0.39, 0.29) is 24.2 Å². The number of amides is 2. The van der Waals surface area contributed by atoms with Gasteiger partial charge in [-0.1, -0.05) is 49.4 Å². The number of hydrogen-bond acceptors (Lipinski definition) is 2. The molecule has 3 N–H and O–H groups in total. The highest BCUT2D eigenvalue weighted by Gasteiger charge is 2.22. The topological polar surface area (TPSA) is 72.2 Å². The predicted octanol–water partition coefficient (Wildman–Crippen LogP) is 2.78. The average Bonchev–Trinajstić information content (AvgIpc) is 2.61. The summed E-state index contributed by atoms with van der Waals surface area (Å²) in [5.74, 6) is -1.75. The molecule has 0 fully saturated rings. The number of carbonyl (C=O) groups is 2. The number of carbonyl (C=O) groups excluding carboxylic acids is 2. The van der Waals surface area contributed by atoms with E-state index in [1.165, 1.54) is 12.1 Å². The van der Waals surface area contributed by atoms with Crippen LogP contribution in [-0.4, -0.2) is 18.4 Å². The van der Waals surface area contributed by atoms with Crippen LogP contribution in [0.5, 0.6) is 0 Å². The Balaban J connectivity index is 1.98. The summed E-state index contributed by atoms with van der Waals surface area (Å²) >= 11 is 0. The number of hydrogen-bond donors (Lipinski definition) is 2. The van der Waals surface area contributed by atoms with Crippen LogP contribution in [-0.2, 0) is 16.0 Å². The molecule has 25 heavy (non-hydrogen) atoms. The first-order valence-corrected chi connectivity index (χ1v) is 8.37. The van der Waals surface area contributed by atoms with E-state index in [2.05, 4.69) is 5.32 Å². The minimum atomic E-state index is -0.539. The van der Waals surface area contributed by atoms with Crippen molar-refractivity contribution in [1.29, 1.82) is 0 Å². The molecule has 0 aliphatic carbocycles. The number of rotatable bonds is 8. The van der Waals surface area contributed by atoms with Crippen molar-refractivity contribution in [3.8, 4) is 0 Å². The number of nitrogens with two attached hydrogens (primary N) is 1. The third-order valence-corrected chi connectivity index (χ3v) is 4.25. The molecular weight excluding hydrogens is 319 g/mol. The lowest BCUT2D eigenvalue weighted by atomic mass is 9.94. The van der Waals surface area contributed by atoms with Crippen LogP contribution in [0.2, 0.25) is 0 Å². The molecule has 4 nitrogen and oxygen atoms in total. The fraction of sp³-hybridized carbons (Fsp3) is 0.300. The van der Waals surface area contributed by atoms with Crippen molar-refractivity contribution in [2.24, 2.45) is 11.7 Å². The Bertz CT molecular complexity index is 701. The van der Waals surface area contributed by atoms with E-state index in [4.69, 9.17) is 5.73 Å². The summed E-state index contributed by atoms with van der Waals surface area (Å²) in [5.41, 5.74) is 7.20. The summed E-state index contributed by atoms with van der Waals surface area (Å²) in [7, 11) is 0. The van der Waals surface area contributed by atoms with Crippen molar-refractivity contribution in [2.75, 3.05) is 6.54 Å². The zero-order chi connectivity index (χ0) is 18.2. The first kappa shape index (κ1) is 18.6. The molecule has 2 aromatic rings. The molecule has 0 aliphatic rings. The smallest absolute Gasteiger partial charge is 0.227 e. The summed E-state index contributed by atoms with van der Waals surface area (Å²) in [6, 6.07) is 15.4. The quantitative estimate of drug-likeness (QED) is 0.774. The molecule has 0 saturated carbocycles. The molecule has 0 bridgehead atoms. The third kappa shape index (κ3) is 5.41. The molecule has 0 heterocycles. The van der Waals surface area contributed by atoms with E-state index >= 15 is 0 Å². The number of halogens is 1. The van der Waals surface area contributed by atoms with Gasteiger partial charge in [0.15, 0.2) is 0 Å². The van der Waals surface area contributed by atoms with Crippen LogP contribution in [0.3, 0.4) is 0 Å². The third-order valence-electron chi connectivity index (χ3n) is 4.25. The maximum Gasteiger partial charge on any atom is 0.227 e. The number of primary amides is 1. The Kier molecular flexibility index (Phi) is 6.69. The van der Waals surface area contributed by atoms with Crippen molar-refractivity contribution in [2.45, 2.75) is 25.7 Å². The molecule has 0 aliphatic heterocycles. The van der Waals surface area contributed by atoms with Crippen molar-refractivity contribution in [1.82, 2.24) is 5.32 Å². The molecule has 5 heteroatoms. The van der Waals surface area contributed by atoms with E-state index in [0.29, 0.717) is 12.8 Å². The molecule has 2 atom stereocenters. The zero-order valence-electron chi connectivity index (χ0n) is 14.2. The van der Waals surface area contributed by atoms with Crippen LogP contribution in [0.15, 0.2) is 54.6 Å². The van der Waals surface area contributed by atoms with Crippen molar-refractivity contribution in [3.05, 3.63) is 71.5 Å². The van der Waals surface area contributed by atoms with Gasteiger partial charge in [0.2, 0.25) is 11.8 Å². The van der Waals surface area contributed by atoms with E-state index < -0.39 is 11.8 Å². The normalized spacial score (nSPS) is 13.0. The first-order chi connectivity index (χ1) is 12.0. The average molecular weight is 342 g/mol. The molecule has 0 saturated heterocycles. The van der Waals surface area contributed by atoms with Crippen molar-refractivity contribution >= 4 is 11.8 Å². The summed E-state index contributed by atoms with van der Waals surface area (Å²) in [4.78, 5) is 24.2. The second-order valence-corrected chi connectivity index (χ2v) is 6.05. The fourth-order valence-corrected chi connectivity index (χ4v) is 2.78. The van der Waals surface area contributed by atoms with Gasteiger partial charge < -0.3 is 11.1 Å². The Morgan fingerprint density at radius 1 is 1.08 bits per heavy atom. The van der Waals surface area contributed by atoms with Gasteiger partial charge in [-0.05, 0) is 36.1 Å². The minimum Gasteiger partial charge on any atom is -0.369 e. The Morgan fingerprint density at radius 2 is 1.72 bits per heavy atom. The second-order valence-electron chi connectivity index (χ2n) is 6.05. The van der Waals surface area contributed by atoms with Gasteiger partial charge >= 0.3 is 0 Å². The van der Waals surface area contributed by atoms with Crippen LogP contribution in [0, 0.1) is 11.7 Å². The summed E-state index contributed by atoms with van der Waals surface area (Å²) in [6.45, 7) is 2.11. The van der Waals surface area contributed by atoms with E-state index in [1.807, 2.05) is 37.3 Å². The lowest BCUT2D eigenvalue weighted by molar-refractivity contribution is -0.124. The Hall–Kier alpha value is -2.69. The number of benzene rings is 2. The molecule has 0 spiro atoms. The molecule has 0 unspecified atom stereocenters. The highest BCUT2D eigenvalue weighted by atomic mass is 19.1. The van der Waals surface area contributed by atoms with Crippen molar-refractivity contribution in [3.63, 3.8) is 0 Å². The van der Waals surface area contributed by atoms with Gasteiger partial charge in [0, 0.05) is 6.54 Å². The van der Waals surface area contributed by atoms with Gasteiger partial charge in [0.1, 0.15) is 5.82 Å². The maximum absolute atomic E-state index is 13.0. The lowest BCUT2D eigenvalue weighted by Gasteiger charge is -2.19. The van der Waals surface area contributed by atoms with Crippen LogP contribution >= 0.6 is 0 Å². The van der Waals surface area contributed by atoms with Gasteiger partial charge in [0.05, 0.1) is 11.8 Å². The first-order valence-electron chi connectivity index (χ1n) is 8.37. The predicted molar refractivity (Wildman–Crippen MR) is 95.3 cm³/mol. The monoisotopic (exact) mass is 342 g/mol. The molecule has 0 radical (unpaired) electrons. The van der Waals surface area contributed by atoms with Gasteiger partial charge in [-0.2, -0.15) is 0 Å². The SMILES string of the molecule is CC[C@H](C(=O)NC[C@@H](Cc1ccc(F)cc1)C(N)=O)c1ccccc1. The summed E-state index contributed by atoms with van der Waals surface area (Å²) in [6.07, 6.45) is 1.02. The minimum absolute atomic E-state index is 0.126. The van der Waals surface area contributed by atoms with Gasteiger partial charge in [-0.3, -0.25) is 9.59 Å². The molecule has 132 valence electrons. The van der Waals surface area contributed by atoms with Gasteiger partial charge in [-0.25, -0.2) is 4.39 Å². The van der Waals surface area contributed by atoms with Crippen LogP contribution in [0.1, 0.15) is 30.4 Å². The Morgan fingerprint density at radius 3 is 2.28 bits per heavy atom. The van der Waals surface area contributed by atoms with Crippen LogP contribution < -0.4 is 11.1 Å². The molecule has 2 aromatic carbocycles. The largest absolute Gasteiger partial charge is 0.369 e. The van der Waals surface area contributed by atoms with E-state index in [9.17, 15) is 14.0 Å². The summed E-state index contributed by atoms with van der Waals surface area (Å²) < 4.78 is 13.0. The second kappa shape index (κ2) is 8.97. The van der Waals surface area contributed by atoms with Gasteiger partial charge in [0.25, 0.3) is 0 Å².